The van der Waals surface area contributed by atoms with E-state index < -0.39 is 0 Å². The van der Waals surface area contributed by atoms with E-state index in [0.29, 0.717) is 12.0 Å². The Balaban J connectivity index is 1.63. The smallest absolute Gasteiger partial charge is 0.122 e. The Morgan fingerprint density at radius 1 is 1.14 bits per heavy atom. The summed E-state index contributed by atoms with van der Waals surface area (Å²) in [6.45, 7) is 2.09. The first-order chi connectivity index (χ1) is 10.2. The van der Waals surface area contributed by atoms with Gasteiger partial charge < -0.3 is 10.1 Å². The molecule has 2 aromatic rings. The molecule has 0 amide bonds. The Morgan fingerprint density at radius 3 is 2.62 bits per heavy atom. The lowest BCUT2D eigenvalue weighted by Crippen LogP contribution is -2.34. The molecule has 0 saturated heterocycles. The average Bonchev–Trinajstić information content (AvgIpc) is 2.44. The maximum atomic E-state index is 6.00. The maximum absolute atomic E-state index is 6.00. The fourth-order valence-corrected chi connectivity index (χ4v) is 3.23. The van der Waals surface area contributed by atoms with Crippen LogP contribution < -0.4 is 10.1 Å². The van der Waals surface area contributed by atoms with Crippen LogP contribution in [0.25, 0.3) is 0 Å². The highest BCUT2D eigenvalue weighted by atomic mass is 35.5. The van der Waals surface area contributed by atoms with Crippen molar-refractivity contribution in [2.75, 3.05) is 12.4 Å². The Bertz CT molecular complexity index is 635. The van der Waals surface area contributed by atoms with Crippen LogP contribution in [0.3, 0.4) is 0 Å². The Morgan fingerprint density at radius 2 is 1.90 bits per heavy atom. The molecule has 0 unspecified atom stereocenters. The van der Waals surface area contributed by atoms with E-state index in [9.17, 15) is 0 Å². The van der Waals surface area contributed by atoms with Crippen molar-refractivity contribution in [3.63, 3.8) is 0 Å². The van der Waals surface area contributed by atoms with Crippen LogP contribution in [0.2, 0.25) is 5.02 Å². The van der Waals surface area contributed by atoms with Gasteiger partial charge in [0.15, 0.2) is 0 Å². The second-order valence-corrected chi connectivity index (χ2v) is 6.15. The third kappa shape index (κ3) is 3.01. The van der Waals surface area contributed by atoms with Crippen LogP contribution in [0.5, 0.6) is 5.75 Å². The first-order valence-electron chi connectivity index (χ1n) is 7.33. The van der Waals surface area contributed by atoms with E-state index in [0.717, 1.165) is 23.6 Å². The number of anilines is 1. The summed E-state index contributed by atoms with van der Waals surface area (Å²) in [6, 6.07) is 14.9. The number of rotatable bonds is 4. The van der Waals surface area contributed by atoms with Gasteiger partial charge in [-0.2, -0.15) is 0 Å². The molecule has 21 heavy (non-hydrogen) atoms. The van der Waals surface area contributed by atoms with Crippen molar-refractivity contribution < 1.29 is 4.74 Å². The fourth-order valence-electron chi connectivity index (χ4n) is 3.00. The van der Waals surface area contributed by atoms with Crippen LogP contribution in [-0.2, 0) is 0 Å². The minimum Gasteiger partial charge on any atom is -0.496 e. The molecule has 0 spiro atoms. The van der Waals surface area contributed by atoms with Crippen molar-refractivity contribution in [2.24, 2.45) is 0 Å². The number of aryl methyl sites for hydroxylation is 1. The van der Waals surface area contributed by atoms with Crippen LogP contribution in [0.1, 0.15) is 29.9 Å². The van der Waals surface area contributed by atoms with Gasteiger partial charge in [0.05, 0.1) is 7.11 Å². The lowest BCUT2D eigenvalue weighted by atomic mass is 9.75. The van der Waals surface area contributed by atoms with Crippen LogP contribution in [0.15, 0.2) is 42.5 Å². The number of hydrogen-bond donors (Lipinski definition) is 1. The summed E-state index contributed by atoms with van der Waals surface area (Å²) in [7, 11) is 1.74. The first kappa shape index (κ1) is 14.3. The molecule has 0 aliphatic heterocycles. The number of para-hydroxylation sites is 1. The largest absolute Gasteiger partial charge is 0.496 e. The predicted molar refractivity (Wildman–Crippen MR) is 88.6 cm³/mol. The SMILES string of the molecule is COc1ccccc1C1CC(Nc2ccc(Cl)cc2C)C1. The zero-order valence-electron chi connectivity index (χ0n) is 12.4. The lowest BCUT2D eigenvalue weighted by molar-refractivity contribution is 0.349. The number of methoxy groups -OCH3 is 1. The summed E-state index contributed by atoms with van der Waals surface area (Å²) in [5.74, 6) is 1.59. The number of nitrogens with one attached hydrogen (secondary N) is 1. The third-order valence-electron chi connectivity index (χ3n) is 4.26. The van der Waals surface area contributed by atoms with E-state index in [1.807, 2.05) is 24.3 Å². The molecule has 2 aromatic carbocycles. The zero-order valence-corrected chi connectivity index (χ0v) is 13.2. The van der Waals surface area contributed by atoms with Gasteiger partial charge in [-0.05, 0) is 61.1 Å². The molecule has 1 aliphatic rings. The van der Waals surface area contributed by atoms with Gasteiger partial charge in [0, 0.05) is 16.8 Å². The van der Waals surface area contributed by atoms with Crippen LogP contribution in [0, 0.1) is 6.92 Å². The Kier molecular flexibility index (Phi) is 4.07. The second kappa shape index (κ2) is 5.98. The van der Waals surface area contributed by atoms with E-state index in [4.69, 9.17) is 16.3 Å². The molecule has 3 heteroatoms. The highest BCUT2D eigenvalue weighted by molar-refractivity contribution is 6.30. The molecule has 0 aromatic heterocycles. The van der Waals surface area contributed by atoms with Gasteiger partial charge in [0.2, 0.25) is 0 Å². The van der Waals surface area contributed by atoms with E-state index >= 15 is 0 Å². The van der Waals surface area contributed by atoms with E-state index in [2.05, 4.69) is 30.4 Å². The molecule has 110 valence electrons. The normalized spacial score (nSPS) is 20.7. The quantitative estimate of drug-likeness (QED) is 0.856. The summed E-state index contributed by atoms with van der Waals surface area (Å²) >= 11 is 6.00. The predicted octanol–water partition coefficient (Wildman–Crippen LogP) is 5.02. The highest BCUT2D eigenvalue weighted by Crippen LogP contribution is 2.42. The molecule has 1 N–H and O–H groups in total. The maximum Gasteiger partial charge on any atom is 0.122 e. The van der Waals surface area contributed by atoms with Gasteiger partial charge >= 0.3 is 0 Å². The molecule has 0 bridgehead atoms. The van der Waals surface area contributed by atoms with Gasteiger partial charge in [0.1, 0.15) is 5.75 Å². The molecular weight excluding hydrogens is 282 g/mol. The van der Waals surface area contributed by atoms with Crippen molar-refractivity contribution in [2.45, 2.75) is 31.7 Å². The zero-order chi connectivity index (χ0) is 14.8. The van der Waals surface area contributed by atoms with Gasteiger partial charge in [-0.25, -0.2) is 0 Å². The molecule has 1 fully saturated rings. The summed E-state index contributed by atoms with van der Waals surface area (Å²) in [4.78, 5) is 0. The summed E-state index contributed by atoms with van der Waals surface area (Å²) in [5.41, 5.74) is 3.71. The molecule has 1 saturated carbocycles. The van der Waals surface area contributed by atoms with Gasteiger partial charge in [0.25, 0.3) is 0 Å². The number of ether oxygens (including phenoxy) is 1. The fraction of sp³-hybridized carbons (Fsp3) is 0.333. The van der Waals surface area contributed by atoms with Crippen molar-refractivity contribution >= 4 is 17.3 Å². The topological polar surface area (TPSA) is 21.3 Å². The monoisotopic (exact) mass is 301 g/mol. The molecule has 0 heterocycles. The van der Waals surface area contributed by atoms with Crippen molar-refractivity contribution in [3.05, 3.63) is 58.6 Å². The molecule has 0 atom stereocenters. The standard InChI is InChI=1S/C18H20ClNO/c1-12-9-14(19)7-8-17(12)20-15-10-13(11-15)16-5-3-4-6-18(16)21-2/h3-9,13,15,20H,10-11H2,1-2H3. The van der Waals surface area contributed by atoms with E-state index in [-0.39, 0.29) is 0 Å². The Hall–Kier alpha value is -1.67. The van der Waals surface area contributed by atoms with Crippen molar-refractivity contribution in [1.82, 2.24) is 0 Å². The van der Waals surface area contributed by atoms with E-state index in [1.54, 1.807) is 7.11 Å². The van der Waals surface area contributed by atoms with Crippen LogP contribution in [-0.4, -0.2) is 13.2 Å². The number of halogens is 1. The van der Waals surface area contributed by atoms with Crippen LogP contribution >= 0.6 is 11.6 Å². The first-order valence-corrected chi connectivity index (χ1v) is 7.71. The second-order valence-electron chi connectivity index (χ2n) is 5.71. The van der Waals surface area contributed by atoms with E-state index in [1.165, 1.54) is 16.8 Å². The minimum absolute atomic E-state index is 0.528. The highest BCUT2D eigenvalue weighted by Gasteiger charge is 2.32. The number of benzene rings is 2. The lowest BCUT2D eigenvalue weighted by Gasteiger charge is -2.37. The van der Waals surface area contributed by atoms with Crippen LogP contribution in [0.4, 0.5) is 5.69 Å². The van der Waals surface area contributed by atoms with Crippen molar-refractivity contribution in [1.29, 1.82) is 0 Å². The summed E-state index contributed by atoms with van der Waals surface area (Å²) in [5, 5.41) is 4.40. The molecule has 2 nitrogen and oxygen atoms in total. The average molecular weight is 302 g/mol. The third-order valence-corrected chi connectivity index (χ3v) is 4.50. The van der Waals surface area contributed by atoms with Crippen molar-refractivity contribution in [3.8, 4) is 5.75 Å². The molecular formula is C18H20ClNO. The summed E-state index contributed by atoms with van der Waals surface area (Å²) < 4.78 is 5.45. The molecule has 0 radical (unpaired) electrons. The van der Waals surface area contributed by atoms with Gasteiger partial charge in [-0.3, -0.25) is 0 Å². The minimum atomic E-state index is 0.528. The summed E-state index contributed by atoms with van der Waals surface area (Å²) in [6.07, 6.45) is 2.28. The van der Waals surface area contributed by atoms with Gasteiger partial charge in [-0.15, -0.1) is 0 Å². The Labute approximate surface area is 131 Å². The number of hydrogen-bond acceptors (Lipinski definition) is 2. The van der Waals surface area contributed by atoms with Gasteiger partial charge in [-0.1, -0.05) is 29.8 Å². The molecule has 3 rings (SSSR count). The molecule has 1 aliphatic carbocycles.